The third-order valence-electron chi connectivity index (χ3n) is 2.97. The van der Waals surface area contributed by atoms with Crippen molar-refractivity contribution in [3.8, 4) is 5.75 Å². The van der Waals surface area contributed by atoms with Crippen LogP contribution < -0.4 is 10.5 Å². The molecule has 0 unspecified atom stereocenters. The molecule has 2 rings (SSSR count). The van der Waals surface area contributed by atoms with Gasteiger partial charge < -0.3 is 10.5 Å². The zero-order chi connectivity index (χ0) is 12.6. The zero-order valence-electron chi connectivity index (χ0n) is 10.2. The van der Waals surface area contributed by atoms with Crippen molar-refractivity contribution in [1.29, 1.82) is 0 Å². The Balaban J connectivity index is 2.95. The maximum Gasteiger partial charge on any atom is 0.130 e. The molecule has 0 aliphatic carbocycles. The number of rotatable bonds is 2. The summed E-state index contributed by atoms with van der Waals surface area (Å²) in [7, 11) is 1.65. The van der Waals surface area contributed by atoms with Gasteiger partial charge in [-0.15, -0.1) is 0 Å². The first-order valence-corrected chi connectivity index (χ1v) is 6.30. The van der Waals surface area contributed by atoms with Crippen LogP contribution in [0.2, 0.25) is 0 Å². The van der Waals surface area contributed by atoms with Crippen molar-refractivity contribution in [2.75, 3.05) is 12.8 Å². The van der Waals surface area contributed by atoms with Crippen LogP contribution in [0.4, 0.5) is 5.69 Å². The van der Waals surface area contributed by atoms with Crippen molar-refractivity contribution in [1.82, 2.24) is 4.98 Å². The van der Waals surface area contributed by atoms with E-state index in [1.165, 1.54) is 0 Å². The Bertz CT molecular complexity index is 581. The van der Waals surface area contributed by atoms with E-state index < -0.39 is 0 Å². The number of fused-ring (bicyclic) bond motifs is 1. The molecule has 0 aliphatic rings. The van der Waals surface area contributed by atoms with Crippen molar-refractivity contribution in [3.05, 3.63) is 27.9 Å². The fraction of sp³-hybridized carbons (Fsp3) is 0.308. The second-order valence-electron chi connectivity index (χ2n) is 3.92. The van der Waals surface area contributed by atoms with Gasteiger partial charge in [0.25, 0.3) is 0 Å². The Morgan fingerprint density at radius 2 is 2.12 bits per heavy atom. The number of nitrogens with two attached hydrogens (primary N) is 1. The third-order valence-corrected chi connectivity index (χ3v) is 3.61. The fourth-order valence-corrected chi connectivity index (χ4v) is 2.53. The lowest BCUT2D eigenvalue weighted by atomic mass is 10.0. The van der Waals surface area contributed by atoms with Crippen molar-refractivity contribution >= 4 is 32.5 Å². The van der Waals surface area contributed by atoms with Crippen LogP contribution in [0.5, 0.6) is 5.75 Å². The molecule has 2 N–H and O–H groups in total. The molecule has 0 saturated carbocycles. The van der Waals surface area contributed by atoms with Gasteiger partial charge >= 0.3 is 0 Å². The van der Waals surface area contributed by atoms with E-state index in [0.717, 1.165) is 44.5 Å². The van der Waals surface area contributed by atoms with Gasteiger partial charge in [-0.05, 0) is 47.0 Å². The van der Waals surface area contributed by atoms with Gasteiger partial charge in [0.2, 0.25) is 0 Å². The van der Waals surface area contributed by atoms with Gasteiger partial charge in [-0.25, -0.2) is 0 Å². The number of hydrogen-bond acceptors (Lipinski definition) is 3. The molecule has 0 amide bonds. The Morgan fingerprint density at radius 3 is 2.71 bits per heavy atom. The normalized spacial score (nSPS) is 10.8. The number of benzene rings is 1. The van der Waals surface area contributed by atoms with Gasteiger partial charge in [0.05, 0.1) is 18.0 Å². The Morgan fingerprint density at radius 1 is 1.41 bits per heavy atom. The Hall–Kier alpha value is -1.29. The van der Waals surface area contributed by atoms with Crippen LogP contribution in [0.25, 0.3) is 10.9 Å². The highest BCUT2D eigenvalue weighted by Crippen LogP contribution is 2.37. The first-order chi connectivity index (χ1) is 8.10. The van der Waals surface area contributed by atoms with Crippen LogP contribution in [-0.4, -0.2) is 12.1 Å². The monoisotopic (exact) mass is 294 g/mol. The number of ether oxygens (including phenoxy) is 1. The molecular weight excluding hydrogens is 280 g/mol. The van der Waals surface area contributed by atoms with Crippen LogP contribution in [0.3, 0.4) is 0 Å². The first-order valence-electron chi connectivity index (χ1n) is 5.51. The number of nitrogen functional groups attached to an aromatic ring is 1. The van der Waals surface area contributed by atoms with E-state index >= 15 is 0 Å². The molecule has 17 heavy (non-hydrogen) atoms. The van der Waals surface area contributed by atoms with Crippen molar-refractivity contribution in [2.24, 2.45) is 0 Å². The van der Waals surface area contributed by atoms with Crippen LogP contribution >= 0.6 is 15.9 Å². The molecular formula is C13H15BrN2O. The number of nitrogens with zero attached hydrogens (tertiary/aromatic N) is 1. The molecule has 1 aromatic carbocycles. The molecule has 0 atom stereocenters. The number of aromatic nitrogens is 1. The van der Waals surface area contributed by atoms with Gasteiger partial charge in [0.1, 0.15) is 5.75 Å². The summed E-state index contributed by atoms with van der Waals surface area (Å²) in [6.45, 7) is 4.07. The number of anilines is 1. The predicted molar refractivity (Wildman–Crippen MR) is 74.5 cm³/mol. The molecule has 90 valence electrons. The second kappa shape index (κ2) is 4.53. The van der Waals surface area contributed by atoms with E-state index in [4.69, 9.17) is 10.5 Å². The second-order valence-corrected chi connectivity index (χ2v) is 4.77. The molecule has 4 heteroatoms. The van der Waals surface area contributed by atoms with E-state index in [1.54, 1.807) is 7.11 Å². The fourth-order valence-electron chi connectivity index (χ4n) is 2.11. The molecule has 3 nitrogen and oxygen atoms in total. The average Bonchev–Trinajstić information content (AvgIpc) is 2.31. The molecule has 0 fully saturated rings. The topological polar surface area (TPSA) is 48.1 Å². The lowest BCUT2D eigenvalue weighted by Crippen LogP contribution is -2.02. The number of aryl methyl sites for hydroxylation is 1. The predicted octanol–water partition coefficient (Wildman–Crippen LogP) is 3.46. The maximum absolute atomic E-state index is 6.23. The van der Waals surface area contributed by atoms with Gasteiger partial charge in [-0.3, -0.25) is 4.98 Å². The highest BCUT2D eigenvalue weighted by molar-refractivity contribution is 9.10. The van der Waals surface area contributed by atoms with Gasteiger partial charge in [-0.2, -0.15) is 0 Å². The zero-order valence-corrected chi connectivity index (χ0v) is 11.8. The molecule has 1 aromatic heterocycles. The van der Waals surface area contributed by atoms with Crippen LogP contribution in [0.1, 0.15) is 18.2 Å². The highest BCUT2D eigenvalue weighted by atomic mass is 79.9. The molecule has 0 saturated heterocycles. The number of hydrogen-bond donors (Lipinski definition) is 1. The number of halogens is 1. The number of pyridine rings is 1. The highest BCUT2D eigenvalue weighted by Gasteiger charge is 2.14. The standard InChI is InChI=1S/C13H15BrN2O/c1-4-8-7(2)16-13-9(14)5-6-10(17-3)11(13)12(8)15/h5-6H,4H2,1-3H3,(H2,15,16). The summed E-state index contributed by atoms with van der Waals surface area (Å²) in [5.41, 5.74) is 9.93. The first kappa shape index (κ1) is 12.2. The van der Waals surface area contributed by atoms with E-state index in [9.17, 15) is 0 Å². The third kappa shape index (κ3) is 1.86. The van der Waals surface area contributed by atoms with E-state index in [2.05, 4.69) is 27.8 Å². The summed E-state index contributed by atoms with van der Waals surface area (Å²) in [5.74, 6) is 0.767. The largest absolute Gasteiger partial charge is 0.496 e. The Kier molecular flexibility index (Phi) is 3.24. The van der Waals surface area contributed by atoms with E-state index in [0.29, 0.717) is 0 Å². The summed E-state index contributed by atoms with van der Waals surface area (Å²) < 4.78 is 6.30. The van der Waals surface area contributed by atoms with Crippen LogP contribution in [0, 0.1) is 6.92 Å². The minimum absolute atomic E-state index is 0.767. The molecule has 0 aliphatic heterocycles. The van der Waals surface area contributed by atoms with Crippen molar-refractivity contribution in [2.45, 2.75) is 20.3 Å². The summed E-state index contributed by atoms with van der Waals surface area (Å²) in [6, 6.07) is 3.83. The van der Waals surface area contributed by atoms with Crippen LogP contribution in [-0.2, 0) is 6.42 Å². The summed E-state index contributed by atoms with van der Waals surface area (Å²) in [6.07, 6.45) is 0.871. The van der Waals surface area contributed by atoms with Gasteiger partial charge in [0, 0.05) is 15.9 Å². The molecule has 2 aromatic rings. The molecule has 1 heterocycles. The van der Waals surface area contributed by atoms with Gasteiger partial charge in [0.15, 0.2) is 0 Å². The summed E-state index contributed by atoms with van der Waals surface area (Å²) in [4.78, 5) is 4.61. The van der Waals surface area contributed by atoms with E-state index in [-0.39, 0.29) is 0 Å². The van der Waals surface area contributed by atoms with Crippen molar-refractivity contribution in [3.63, 3.8) is 0 Å². The van der Waals surface area contributed by atoms with Crippen LogP contribution in [0.15, 0.2) is 16.6 Å². The average molecular weight is 295 g/mol. The molecule has 0 spiro atoms. The quantitative estimate of drug-likeness (QED) is 0.923. The Labute approximate surface area is 109 Å². The lowest BCUT2D eigenvalue weighted by molar-refractivity contribution is 0.420. The molecule has 0 bridgehead atoms. The molecule has 0 radical (unpaired) electrons. The minimum atomic E-state index is 0.767. The van der Waals surface area contributed by atoms with Gasteiger partial charge in [-0.1, -0.05) is 6.92 Å². The van der Waals surface area contributed by atoms with E-state index in [1.807, 2.05) is 19.1 Å². The minimum Gasteiger partial charge on any atom is -0.496 e. The summed E-state index contributed by atoms with van der Waals surface area (Å²) in [5, 5.41) is 0.893. The number of methoxy groups -OCH3 is 1. The smallest absolute Gasteiger partial charge is 0.130 e. The summed E-state index contributed by atoms with van der Waals surface area (Å²) >= 11 is 3.50. The lowest BCUT2D eigenvalue weighted by Gasteiger charge is -2.14. The maximum atomic E-state index is 6.23. The van der Waals surface area contributed by atoms with Crippen molar-refractivity contribution < 1.29 is 4.74 Å². The SMILES string of the molecule is CCc1c(C)nc2c(Br)ccc(OC)c2c1N.